The number of carbonyl (C=O) groups excluding carboxylic acids is 3. The SMILES string of the molecule is CCC(=O)SCCNC(=O)CCNC(=O)C(O)C(C)(C)COP(=O)(O)OP(=O)(O)OC[C@H]1O[C@@H](n2cnc3c(N)ncnc32)[C@H](O)[C@@H]1OP(=O)(O)O.[H-].[Li+]. The van der Waals surface area contributed by atoms with Gasteiger partial charge >= 0.3 is 42.3 Å². The molecule has 1 aliphatic rings. The molecule has 1 fully saturated rings. The topological polar surface area (TPSA) is 364 Å². The van der Waals surface area contributed by atoms with Crippen LogP contribution in [-0.2, 0) is 50.7 Å². The number of imidazole rings is 1. The molecule has 53 heavy (non-hydrogen) atoms. The molecule has 296 valence electrons. The molecule has 0 aliphatic carbocycles. The number of phosphoric ester groups is 3. The molecule has 0 spiro atoms. The number of ether oxygens (including phenoxy) is 1. The van der Waals surface area contributed by atoms with Gasteiger partial charge in [-0.3, -0.25) is 32.5 Å². The summed E-state index contributed by atoms with van der Waals surface area (Å²) < 4.78 is 61.9. The van der Waals surface area contributed by atoms with Gasteiger partial charge in [0.15, 0.2) is 22.8 Å². The Morgan fingerprint density at radius 2 is 1.75 bits per heavy atom. The third kappa shape index (κ3) is 14.3. The number of hydrogen-bond donors (Lipinski definition) is 9. The fourth-order valence-corrected chi connectivity index (χ4v) is 7.86. The Balaban J connectivity index is 0.00000729. The summed E-state index contributed by atoms with van der Waals surface area (Å²) in [5.41, 5.74) is 4.26. The van der Waals surface area contributed by atoms with Crippen molar-refractivity contribution in [2.45, 2.75) is 64.3 Å². The van der Waals surface area contributed by atoms with E-state index in [4.69, 9.17) is 19.5 Å². The van der Waals surface area contributed by atoms with Crippen LogP contribution in [0.25, 0.3) is 11.2 Å². The fraction of sp³-hybridized carbons (Fsp3) is 0.667. The molecule has 10 N–H and O–H groups in total. The maximum absolute atomic E-state index is 12.6. The predicted octanol–water partition coefficient (Wildman–Crippen LogP) is -3.81. The zero-order valence-corrected chi connectivity index (χ0v) is 32.3. The maximum Gasteiger partial charge on any atom is 1.00 e. The van der Waals surface area contributed by atoms with Crippen molar-refractivity contribution in [3.8, 4) is 0 Å². The Labute approximate surface area is 319 Å². The van der Waals surface area contributed by atoms with Gasteiger partial charge in [0.25, 0.3) is 0 Å². The number of nitrogens with one attached hydrogen (secondary N) is 2. The van der Waals surface area contributed by atoms with E-state index in [0.717, 1.165) is 29.0 Å². The molecule has 0 bridgehead atoms. The van der Waals surface area contributed by atoms with E-state index in [2.05, 4.69) is 34.4 Å². The second-order valence-electron chi connectivity index (χ2n) is 11.6. The average molecular weight is 832 g/mol. The molecule has 3 rings (SSSR count). The third-order valence-electron chi connectivity index (χ3n) is 7.05. The summed E-state index contributed by atoms with van der Waals surface area (Å²) >= 11 is 1.07. The van der Waals surface area contributed by atoms with Gasteiger partial charge in [0, 0.05) is 37.1 Å². The van der Waals surface area contributed by atoms with Crippen molar-refractivity contribution in [1.82, 2.24) is 30.2 Å². The number of aliphatic hydroxyl groups excluding tert-OH is 2. The number of phosphoric acid groups is 3. The third-order valence-corrected chi connectivity index (χ3v) is 11.2. The quantitative estimate of drug-likeness (QED) is 0.0351. The summed E-state index contributed by atoms with van der Waals surface area (Å²) in [5.74, 6) is -1.07. The van der Waals surface area contributed by atoms with Crippen LogP contribution in [0.2, 0.25) is 0 Å². The molecule has 1 aliphatic heterocycles. The van der Waals surface area contributed by atoms with Crippen molar-refractivity contribution in [2.75, 3.05) is 37.8 Å². The summed E-state index contributed by atoms with van der Waals surface area (Å²) in [7, 11) is -16.4. The van der Waals surface area contributed by atoms with E-state index in [1.165, 1.54) is 13.8 Å². The molecule has 2 amide bonds. The van der Waals surface area contributed by atoms with Crippen molar-refractivity contribution >= 4 is 69.1 Å². The maximum atomic E-state index is 12.6. The molecule has 0 aromatic carbocycles. The van der Waals surface area contributed by atoms with Crippen molar-refractivity contribution in [2.24, 2.45) is 5.41 Å². The Morgan fingerprint density at radius 1 is 1.09 bits per heavy atom. The number of rotatable bonds is 20. The van der Waals surface area contributed by atoms with Crippen LogP contribution >= 0.6 is 35.2 Å². The second-order valence-corrected chi connectivity index (χ2v) is 17.0. The summed E-state index contributed by atoms with van der Waals surface area (Å²) in [6, 6.07) is 0. The summed E-state index contributed by atoms with van der Waals surface area (Å²) in [6.07, 6.45) is -6.52. The van der Waals surface area contributed by atoms with Crippen molar-refractivity contribution in [1.29, 1.82) is 0 Å². The number of aliphatic hydroxyl groups is 2. The van der Waals surface area contributed by atoms with Gasteiger partial charge in [-0.25, -0.2) is 28.6 Å². The van der Waals surface area contributed by atoms with Crippen molar-refractivity contribution < 1.29 is 101 Å². The van der Waals surface area contributed by atoms with Crippen LogP contribution in [0.5, 0.6) is 0 Å². The fourth-order valence-electron chi connectivity index (χ4n) is 4.40. The predicted molar refractivity (Wildman–Crippen MR) is 179 cm³/mol. The van der Waals surface area contributed by atoms with E-state index in [1.807, 2.05) is 0 Å². The van der Waals surface area contributed by atoms with E-state index >= 15 is 0 Å². The molecule has 2 aromatic rings. The molecule has 0 saturated carbocycles. The van der Waals surface area contributed by atoms with Crippen LogP contribution in [0.3, 0.4) is 0 Å². The zero-order chi connectivity index (χ0) is 39.1. The number of amides is 2. The molecule has 24 nitrogen and oxygen atoms in total. The smallest absolute Gasteiger partial charge is 1.00 e. The first-order valence-corrected chi connectivity index (χ1v) is 20.6. The van der Waals surface area contributed by atoms with Gasteiger partial charge in [-0.1, -0.05) is 32.5 Å². The molecule has 2 aromatic heterocycles. The molecule has 3 unspecified atom stereocenters. The standard InChI is InChI=1S/C24H40N7O17P3S.Li.H/c1-4-15(33)52-8-7-26-14(32)5-6-27-22(36)19(35)24(2,3)10-45-51(42,43)48-50(40,41)44-9-13-18(47-49(37,38)39)17(34)23(46-13)31-12-30-16-20(25)28-11-29-21(16)31;;/h11-13,17-19,23,34-35H,4-10H2,1-3H3,(H,26,32)(H,27,36)(H,40,41)(H,42,43)(H2,25,28,29)(H2,37,38,39);;/q;+1;-1/t13-,17-,18-,19?,23-;;/m1../s1. The normalized spacial score (nSPS) is 22.0. The van der Waals surface area contributed by atoms with E-state index in [0.29, 0.717) is 12.2 Å². The van der Waals surface area contributed by atoms with Crippen LogP contribution in [0.1, 0.15) is 41.3 Å². The number of carbonyl (C=O) groups is 3. The van der Waals surface area contributed by atoms with Crippen LogP contribution in [-0.4, -0.2) is 123 Å². The molecule has 0 radical (unpaired) electrons. The Bertz CT molecular complexity index is 1740. The summed E-state index contributed by atoms with van der Waals surface area (Å²) in [4.78, 5) is 86.4. The second kappa shape index (κ2) is 19.8. The number of nitrogens with two attached hydrogens (primary N) is 1. The molecular formula is C24H41LiN7O17P3S. The first-order chi connectivity index (χ1) is 24.1. The van der Waals surface area contributed by atoms with Crippen LogP contribution in [0.4, 0.5) is 5.82 Å². The summed E-state index contributed by atoms with van der Waals surface area (Å²) in [5, 5.41) is 26.2. The molecular weight excluding hydrogens is 790 g/mol. The van der Waals surface area contributed by atoms with Crippen LogP contribution in [0, 0.1) is 5.41 Å². The number of aromatic nitrogens is 4. The van der Waals surface area contributed by atoms with E-state index in [1.54, 1.807) is 6.92 Å². The van der Waals surface area contributed by atoms with Gasteiger partial charge in [0.2, 0.25) is 11.8 Å². The number of nitrogen functional groups attached to an aromatic ring is 1. The average Bonchev–Trinajstić information content (AvgIpc) is 3.60. The minimum absolute atomic E-state index is 0. The number of anilines is 1. The molecule has 3 heterocycles. The van der Waals surface area contributed by atoms with Gasteiger partial charge in [-0.2, -0.15) is 4.31 Å². The van der Waals surface area contributed by atoms with Crippen LogP contribution < -0.4 is 35.2 Å². The van der Waals surface area contributed by atoms with E-state index < -0.39 is 84.6 Å². The first-order valence-electron chi connectivity index (χ1n) is 15.1. The zero-order valence-electron chi connectivity index (χ0n) is 29.8. The summed E-state index contributed by atoms with van der Waals surface area (Å²) in [6.45, 7) is 2.24. The Hall–Kier alpha value is -1.84. The van der Waals surface area contributed by atoms with E-state index in [9.17, 15) is 57.9 Å². The minimum Gasteiger partial charge on any atom is -1.00 e. The Kier molecular flexibility index (Phi) is 17.7. The monoisotopic (exact) mass is 831 g/mol. The van der Waals surface area contributed by atoms with Crippen molar-refractivity contribution in [3.05, 3.63) is 12.7 Å². The molecule has 29 heteroatoms. The molecule has 1 saturated heterocycles. The van der Waals surface area contributed by atoms with Gasteiger partial charge in [0.1, 0.15) is 36.3 Å². The van der Waals surface area contributed by atoms with Gasteiger partial charge in [-0.05, 0) is 0 Å². The Morgan fingerprint density at radius 3 is 2.40 bits per heavy atom. The van der Waals surface area contributed by atoms with E-state index in [-0.39, 0.29) is 61.9 Å². The number of fused-ring (bicyclic) bond motifs is 1. The van der Waals surface area contributed by atoms with Gasteiger partial charge in [-0.15, -0.1) is 0 Å². The largest absolute Gasteiger partial charge is 1.00 e. The van der Waals surface area contributed by atoms with Gasteiger partial charge < -0.3 is 52.3 Å². The minimum atomic E-state index is -5.56. The number of nitrogens with zero attached hydrogens (tertiary/aromatic N) is 4. The van der Waals surface area contributed by atoms with Gasteiger partial charge in [0.05, 0.1) is 19.5 Å². The van der Waals surface area contributed by atoms with Crippen LogP contribution in [0.15, 0.2) is 12.7 Å². The molecule has 7 atom stereocenters. The first kappa shape index (κ1) is 47.3. The van der Waals surface area contributed by atoms with Crippen molar-refractivity contribution in [3.63, 3.8) is 0 Å². The number of hydrogen-bond acceptors (Lipinski definition) is 18. The number of thioether (sulfide) groups is 1.